The third kappa shape index (κ3) is 23.6. The average molecular weight is 839 g/mol. The molecule has 0 aliphatic heterocycles. The van der Waals surface area contributed by atoms with Gasteiger partial charge < -0.3 is 18.9 Å². The normalized spacial score (nSPS) is 12.0. The molecule has 0 radical (unpaired) electrons. The van der Waals surface area contributed by atoms with Gasteiger partial charge in [0.15, 0.2) is 0 Å². The van der Waals surface area contributed by atoms with Gasteiger partial charge >= 0.3 is 0 Å². The minimum atomic E-state index is 0.523. The van der Waals surface area contributed by atoms with Crippen LogP contribution < -0.4 is 18.9 Å². The molecule has 0 aliphatic carbocycles. The summed E-state index contributed by atoms with van der Waals surface area (Å²) in [5.74, 6) is 4.05. The van der Waals surface area contributed by atoms with Gasteiger partial charge in [0, 0.05) is 23.3 Å². The quantitative estimate of drug-likeness (QED) is 0.0438. The second-order valence-corrected chi connectivity index (χ2v) is 16.9. The van der Waals surface area contributed by atoms with Gasteiger partial charge in [0.05, 0.1) is 37.8 Å². The molecule has 0 saturated heterocycles. The molecule has 0 bridgehead atoms. The maximum absolute atomic E-state index is 5.90. The molecule has 2 unspecified atom stereocenters. The summed E-state index contributed by atoms with van der Waals surface area (Å²) in [6, 6.07) is 23.9. The van der Waals surface area contributed by atoms with Gasteiger partial charge in [-0.3, -0.25) is 0 Å². The zero-order valence-electron chi connectivity index (χ0n) is 39.2. The largest absolute Gasteiger partial charge is 0.494 e. The van der Waals surface area contributed by atoms with Gasteiger partial charge in [0.1, 0.15) is 11.5 Å². The second kappa shape index (κ2) is 33.4. The van der Waals surface area contributed by atoms with Crippen LogP contribution in [0, 0.1) is 11.8 Å². The molecule has 4 aromatic rings. The Morgan fingerprint density at radius 2 is 0.689 bits per heavy atom. The Morgan fingerprint density at radius 1 is 0.361 bits per heavy atom. The first-order valence-electron chi connectivity index (χ1n) is 24.3. The van der Waals surface area contributed by atoms with Crippen molar-refractivity contribution >= 4 is 0 Å². The van der Waals surface area contributed by atoms with Crippen molar-refractivity contribution in [3.63, 3.8) is 0 Å². The molecule has 4 rings (SSSR count). The summed E-state index contributed by atoms with van der Waals surface area (Å²) in [5.41, 5.74) is 3.76. The summed E-state index contributed by atoms with van der Waals surface area (Å²) in [7, 11) is 0. The van der Waals surface area contributed by atoms with Crippen molar-refractivity contribution in [2.75, 3.05) is 26.4 Å². The van der Waals surface area contributed by atoms with Gasteiger partial charge in [-0.2, -0.15) is 0 Å². The maximum Gasteiger partial charge on any atom is 0.233 e. The van der Waals surface area contributed by atoms with Crippen LogP contribution in [0.5, 0.6) is 23.3 Å². The van der Waals surface area contributed by atoms with Crippen LogP contribution in [0.4, 0.5) is 0 Å². The highest BCUT2D eigenvalue weighted by atomic mass is 16.5. The standard InChI is InChI=1S/C27H42N2O2.C26H40N2O2/c1-4-6-7-8-9-10-11-12-13-14-21-30-25-17-15-24(16-18-25)26-19-20-27(29-28-26)31-22-23(3)5-2;1-4-6-7-8-9-10-11-12-13-20-29-24-16-14-23(15-17-24)25-18-19-26(28-27-25)30-21-22(3)5-2/h15-20,23H,4-14,21-22H2,1-3H3;14-19,22H,4-13,20-21H2,1-3H3. The van der Waals surface area contributed by atoms with Crippen molar-refractivity contribution < 1.29 is 18.9 Å². The van der Waals surface area contributed by atoms with E-state index in [0.29, 0.717) is 36.8 Å². The predicted molar refractivity (Wildman–Crippen MR) is 255 cm³/mol. The van der Waals surface area contributed by atoms with Crippen LogP contribution in [0.2, 0.25) is 0 Å². The van der Waals surface area contributed by atoms with E-state index in [9.17, 15) is 0 Å². The number of ether oxygens (including phenoxy) is 4. The summed E-state index contributed by atoms with van der Waals surface area (Å²) in [4.78, 5) is 0. The Morgan fingerprint density at radius 3 is 0.984 bits per heavy atom. The molecule has 0 fully saturated rings. The van der Waals surface area contributed by atoms with E-state index in [0.717, 1.165) is 72.9 Å². The van der Waals surface area contributed by atoms with E-state index in [2.05, 4.69) is 61.9 Å². The monoisotopic (exact) mass is 839 g/mol. The highest BCUT2D eigenvalue weighted by molar-refractivity contribution is 5.60. The Balaban J connectivity index is 0.000000325. The topological polar surface area (TPSA) is 88.5 Å². The lowest BCUT2D eigenvalue weighted by Gasteiger charge is -2.10. The predicted octanol–water partition coefficient (Wildman–Crippen LogP) is 15.3. The first-order chi connectivity index (χ1) is 29.9. The van der Waals surface area contributed by atoms with E-state index in [1.807, 2.05) is 72.8 Å². The fourth-order valence-corrected chi connectivity index (χ4v) is 6.62. The maximum atomic E-state index is 5.90. The minimum absolute atomic E-state index is 0.523. The Hall–Kier alpha value is -4.20. The molecule has 338 valence electrons. The summed E-state index contributed by atoms with van der Waals surface area (Å²) in [5, 5.41) is 17.0. The molecule has 0 aliphatic rings. The molecular formula is C53H82N4O4. The van der Waals surface area contributed by atoms with Gasteiger partial charge in [-0.05, 0) is 85.3 Å². The van der Waals surface area contributed by atoms with Crippen molar-refractivity contribution in [1.82, 2.24) is 20.4 Å². The van der Waals surface area contributed by atoms with Gasteiger partial charge in [-0.25, -0.2) is 0 Å². The van der Waals surface area contributed by atoms with E-state index in [4.69, 9.17) is 18.9 Å². The Kier molecular flexibility index (Phi) is 28.0. The number of nitrogens with zero attached hydrogens (tertiary/aromatic N) is 4. The van der Waals surface area contributed by atoms with E-state index >= 15 is 0 Å². The van der Waals surface area contributed by atoms with E-state index in [1.165, 1.54) is 109 Å². The summed E-state index contributed by atoms with van der Waals surface area (Å²) < 4.78 is 23.1. The van der Waals surface area contributed by atoms with Gasteiger partial charge in [-0.1, -0.05) is 164 Å². The van der Waals surface area contributed by atoms with Crippen molar-refractivity contribution in [1.29, 1.82) is 0 Å². The number of rotatable bonds is 33. The molecule has 61 heavy (non-hydrogen) atoms. The number of hydrogen-bond acceptors (Lipinski definition) is 8. The molecule has 8 heteroatoms. The van der Waals surface area contributed by atoms with Crippen LogP contribution >= 0.6 is 0 Å². The molecule has 2 aromatic heterocycles. The molecule has 2 aromatic carbocycles. The summed E-state index contributed by atoms with van der Waals surface area (Å²) in [6.45, 7) is 16.1. The first kappa shape index (κ1) is 51.2. The SMILES string of the molecule is CCCCCCCCCCCCOc1ccc(-c2ccc(OCC(C)CC)nn2)cc1.CCCCCCCCCCCOc1ccc(-c2ccc(OCC(C)CC)nn2)cc1. The Labute approximate surface area is 371 Å². The average Bonchev–Trinajstić information content (AvgIpc) is 3.30. The lowest BCUT2D eigenvalue weighted by Crippen LogP contribution is -2.08. The number of aromatic nitrogens is 4. The molecule has 0 spiro atoms. The van der Waals surface area contributed by atoms with Gasteiger partial charge in [0.25, 0.3) is 0 Å². The molecule has 0 amide bonds. The van der Waals surface area contributed by atoms with Crippen LogP contribution in [0.15, 0.2) is 72.8 Å². The highest BCUT2D eigenvalue weighted by Crippen LogP contribution is 2.24. The van der Waals surface area contributed by atoms with Crippen molar-refractivity contribution in [3.8, 4) is 45.8 Å². The minimum Gasteiger partial charge on any atom is -0.494 e. The fourth-order valence-electron chi connectivity index (χ4n) is 6.62. The molecule has 2 heterocycles. The molecular weight excluding hydrogens is 757 g/mol. The van der Waals surface area contributed by atoms with Gasteiger partial charge in [-0.15, -0.1) is 20.4 Å². The zero-order valence-corrected chi connectivity index (χ0v) is 39.2. The number of unbranched alkanes of at least 4 members (excludes halogenated alkanes) is 17. The van der Waals surface area contributed by atoms with Crippen LogP contribution in [0.1, 0.15) is 176 Å². The second-order valence-electron chi connectivity index (χ2n) is 16.9. The van der Waals surface area contributed by atoms with Crippen LogP contribution in [-0.2, 0) is 0 Å². The zero-order chi connectivity index (χ0) is 43.6. The molecule has 2 atom stereocenters. The van der Waals surface area contributed by atoms with Gasteiger partial charge in [0.2, 0.25) is 11.8 Å². The third-order valence-corrected chi connectivity index (χ3v) is 11.3. The van der Waals surface area contributed by atoms with Crippen LogP contribution in [0.25, 0.3) is 22.5 Å². The summed E-state index contributed by atoms with van der Waals surface area (Å²) in [6.07, 6.45) is 27.6. The molecule has 8 nitrogen and oxygen atoms in total. The number of hydrogen-bond donors (Lipinski definition) is 0. The Bertz CT molecular complexity index is 1600. The third-order valence-electron chi connectivity index (χ3n) is 11.3. The van der Waals surface area contributed by atoms with Crippen molar-refractivity contribution in [3.05, 3.63) is 72.8 Å². The smallest absolute Gasteiger partial charge is 0.233 e. The number of benzene rings is 2. The molecule has 0 N–H and O–H groups in total. The summed E-state index contributed by atoms with van der Waals surface area (Å²) >= 11 is 0. The van der Waals surface area contributed by atoms with Crippen LogP contribution in [0.3, 0.4) is 0 Å². The van der Waals surface area contributed by atoms with Crippen molar-refractivity contribution in [2.45, 2.75) is 176 Å². The lowest BCUT2D eigenvalue weighted by atomic mass is 10.1. The highest BCUT2D eigenvalue weighted by Gasteiger charge is 2.07. The van der Waals surface area contributed by atoms with E-state index in [-0.39, 0.29) is 0 Å². The lowest BCUT2D eigenvalue weighted by molar-refractivity contribution is 0.245. The van der Waals surface area contributed by atoms with E-state index < -0.39 is 0 Å². The van der Waals surface area contributed by atoms with Crippen molar-refractivity contribution in [2.24, 2.45) is 11.8 Å². The molecule has 0 saturated carbocycles. The first-order valence-corrected chi connectivity index (χ1v) is 24.3. The van der Waals surface area contributed by atoms with E-state index in [1.54, 1.807) is 0 Å². The van der Waals surface area contributed by atoms with Crippen LogP contribution in [-0.4, -0.2) is 46.8 Å². The fraction of sp³-hybridized carbons (Fsp3) is 0.623.